The van der Waals surface area contributed by atoms with Gasteiger partial charge < -0.3 is 10.6 Å². The molecule has 0 atom stereocenters. The molecule has 0 saturated carbocycles. The lowest BCUT2D eigenvalue weighted by Gasteiger charge is -2.11. The lowest BCUT2D eigenvalue weighted by molar-refractivity contribution is 0.0954. The van der Waals surface area contributed by atoms with Gasteiger partial charge in [-0.1, -0.05) is 48.5 Å². The summed E-state index contributed by atoms with van der Waals surface area (Å²) in [6.07, 6.45) is 2.93. The molecule has 1 heterocycles. The van der Waals surface area contributed by atoms with Crippen molar-refractivity contribution in [2.45, 2.75) is 19.3 Å². The van der Waals surface area contributed by atoms with Crippen molar-refractivity contribution in [2.24, 2.45) is 0 Å². The van der Waals surface area contributed by atoms with Crippen molar-refractivity contribution in [3.05, 3.63) is 88.1 Å². The maximum Gasteiger partial charge on any atom is 0.265 e. The monoisotopic (exact) mass is 378 g/mol. The third kappa shape index (κ3) is 5.53. The molecular weight excluding hydrogens is 356 g/mol. The number of nitrogens with one attached hydrogen (secondary N) is 2. The van der Waals surface area contributed by atoms with E-state index in [0.29, 0.717) is 22.7 Å². The molecule has 2 amide bonds. The van der Waals surface area contributed by atoms with E-state index in [9.17, 15) is 9.59 Å². The Kier molecular flexibility index (Phi) is 6.77. The minimum Gasteiger partial charge on any atom is -0.352 e. The number of hydrogen-bond donors (Lipinski definition) is 2. The van der Waals surface area contributed by atoms with Crippen LogP contribution in [0.15, 0.2) is 72.1 Å². The van der Waals surface area contributed by atoms with E-state index in [1.54, 1.807) is 30.3 Å². The van der Waals surface area contributed by atoms with Crippen molar-refractivity contribution in [3.63, 3.8) is 0 Å². The lowest BCUT2D eigenvalue weighted by atomic mass is 10.1. The fourth-order valence-corrected chi connectivity index (χ4v) is 3.40. The van der Waals surface area contributed by atoms with Gasteiger partial charge in [-0.05, 0) is 48.4 Å². The van der Waals surface area contributed by atoms with E-state index < -0.39 is 0 Å². The van der Waals surface area contributed by atoms with Crippen LogP contribution in [0, 0.1) is 0 Å². The van der Waals surface area contributed by atoms with Gasteiger partial charge in [-0.2, -0.15) is 0 Å². The molecule has 0 unspecified atom stereocenters. The van der Waals surface area contributed by atoms with Crippen molar-refractivity contribution in [2.75, 3.05) is 11.9 Å². The van der Waals surface area contributed by atoms with Crippen LogP contribution in [0.2, 0.25) is 0 Å². The van der Waals surface area contributed by atoms with E-state index in [-0.39, 0.29) is 11.8 Å². The summed E-state index contributed by atoms with van der Waals surface area (Å²) in [5, 5.41) is 7.62. The molecule has 4 nitrogen and oxygen atoms in total. The number of amides is 2. The van der Waals surface area contributed by atoms with Gasteiger partial charge in [0.05, 0.1) is 16.1 Å². The molecular formula is C22H22N2O2S. The quantitative estimate of drug-likeness (QED) is 0.556. The van der Waals surface area contributed by atoms with Gasteiger partial charge >= 0.3 is 0 Å². The third-order valence-electron chi connectivity index (χ3n) is 4.19. The van der Waals surface area contributed by atoms with Crippen LogP contribution in [0.25, 0.3) is 0 Å². The first kappa shape index (κ1) is 18.9. The first-order valence-corrected chi connectivity index (χ1v) is 9.88. The summed E-state index contributed by atoms with van der Waals surface area (Å²) in [7, 11) is 0. The van der Waals surface area contributed by atoms with E-state index in [1.807, 2.05) is 29.6 Å². The summed E-state index contributed by atoms with van der Waals surface area (Å²) in [5.74, 6) is -0.370. The Morgan fingerprint density at radius 3 is 2.37 bits per heavy atom. The summed E-state index contributed by atoms with van der Waals surface area (Å²) >= 11 is 1.37. The molecule has 0 aliphatic carbocycles. The lowest BCUT2D eigenvalue weighted by Crippen LogP contribution is -2.26. The van der Waals surface area contributed by atoms with Gasteiger partial charge in [0.25, 0.3) is 11.8 Å². The number of rotatable bonds is 8. The van der Waals surface area contributed by atoms with Crippen LogP contribution in [0.5, 0.6) is 0 Å². The Bertz CT molecular complexity index is 876. The summed E-state index contributed by atoms with van der Waals surface area (Å²) in [6.45, 7) is 0.610. The second kappa shape index (κ2) is 9.69. The minimum absolute atomic E-state index is 0.170. The van der Waals surface area contributed by atoms with Crippen LogP contribution in [-0.4, -0.2) is 18.4 Å². The summed E-state index contributed by atoms with van der Waals surface area (Å²) in [4.78, 5) is 25.4. The smallest absolute Gasteiger partial charge is 0.265 e. The molecule has 3 aromatic rings. The van der Waals surface area contributed by atoms with Crippen molar-refractivity contribution in [3.8, 4) is 0 Å². The van der Waals surface area contributed by atoms with Crippen molar-refractivity contribution >= 4 is 28.8 Å². The number of benzene rings is 2. The van der Waals surface area contributed by atoms with Crippen molar-refractivity contribution in [1.29, 1.82) is 0 Å². The fourth-order valence-electron chi connectivity index (χ4n) is 2.78. The number of unbranched alkanes of at least 4 members (excludes halogenated alkanes) is 1. The van der Waals surface area contributed by atoms with Crippen LogP contribution in [0.3, 0.4) is 0 Å². The predicted octanol–water partition coefficient (Wildman–Crippen LogP) is 4.75. The van der Waals surface area contributed by atoms with Gasteiger partial charge in [-0.3, -0.25) is 9.59 Å². The highest BCUT2D eigenvalue weighted by Gasteiger charge is 2.14. The van der Waals surface area contributed by atoms with Gasteiger partial charge in [-0.25, -0.2) is 0 Å². The number of carbonyl (C=O) groups excluding carboxylic acids is 2. The van der Waals surface area contributed by atoms with E-state index >= 15 is 0 Å². The summed E-state index contributed by atoms with van der Waals surface area (Å²) in [5.41, 5.74) is 2.31. The molecule has 5 heteroatoms. The van der Waals surface area contributed by atoms with Gasteiger partial charge in [0, 0.05) is 6.54 Å². The minimum atomic E-state index is -0.201. The zero-order valence-corrected chi connectivity index (χ0v) is 15.8. The Morgan fingerprint density at radius 1 is 0.815 bits per heavy atom. The molecule has 1 aromatic heterocycles. The molecule has 138 valence electrons. The second-order valence-electron chi connectivity index (χ2n) is 6.18. The summed E-state index contributed by atoms with van der Waals surface area (Å²) < 4.78 is 0. The molecule has 0 bridgehead atoms. The molecule has 27 heavy (non-hydrogen) atoms. The molecule has 0 saturated heterocycles. The van der Waals surface area contributed by atoms with E-state index in [1.165, 1.54) is 16.9 Å². The number of hydrogen-bond acceptors (Lipinski definition) is 3. The SMILES string of the molecule is O=C(Nc1ccccc1C(=O)NCCCCc1ccccc1)c1cccs1. The molecule has 0 spiro atoms. The van der Waals surface area contributed by atoms with Crippen LogP contribution >= 0.6 is 11.3 Å². The van der Waals surface area contributed by atoms with Gasteiger partial charge in [0.2, 0.25) is 0 Å². The molecule has 0 radical (unpaired) electrons. The van der Waals surface area contributed by atoms with Crippen LogP contribution in [0.4, 0.5) is 5.69 Å². The first-order chi connectivity index (χ1) is 13.2. The largest absolute Gasteiger partial charge is 0.352 e. The van der Waals surface area contributed by atoms with E-state index in [0.717, 1.165) is 19.3 Å². The highest BCUT2D eigenvalue weighted by molar-refractivity contribution is 7.12. The average Bonchev–Trinajstić information content (AvgIpc) is 3.24. The Morgan fingerprint density at radius 2 is 1.59 bits per heavy atom. The number of aryl methyl sites for hydroxylation is 1. The maximum absolute atomic E-state index is 12.5. The van der Waals surface area contributed by atoms with Gasteiger partial charge in [0.15, 0.2) is 0 Å². The third-order valence-corrected chi connectivity index (χ3v) is 5.05. The number of thiophene rings is 1. The van der Waals surface area contributed by atoms with Crippen LogP contribution in [0.1, 0.15) is 38.4 Å². The van der Waals surface area contributed by atoms with Crippen LogP contribution < -0.4 is 10.6 Å². The standard InChI is InChI=1S/C22H22N2O2S/c25-21(23-15-7-6-11-17-9-2-1-3-10-17)18-12-4-5-13-19(18)24-22(26)20-14-8-16-27-20/h1-5,8-10,12-14,16H,6-7,11,15H2,(H,23,25)(H,24,26). The molecule has 3 rings (SSSR count). The molecule has 0 fully saturated rings. The number of para-hydroxylation sites is 1. The highest BCUT2D eigenvalue weighted by Crippen LogP contribution is 2.18. The van der Waals surface area contributed by atoms with Crippen molar-refractivity contribution in [1.82, 2.24) is 5.32 Å². The van der Waals surface area contributed by atoms with E-state index in [2.05, 4.69) is 22.8 Å². The Hall–Kier alpha value is -2.92. The fraction of sp³-hybridized carbons (Fsp3) is 0.182. The molecule has 2 aromatic carbocycles. The molecule has 0 aliphatic heterocycles. The molecule has 0 aliphatic rings. The average molecular weight is 378 g/mol. The number of anilines is 1. The van der Waals surface area contributed by atoms with Gasteiger partial charge in [0.1, 0.15) is 0 Å². The predicted molar refractivity (Wildman–Crippen MR) is 110 cm³/mol. The van der Waals surface area contributed by atoms with E-state index in [4.69, 9.17) is 0 Å². The topological polar surface area (TPSA) is 58.2 Å². The number of carbonyl (C=O) groups is 2. The zero-order chi connectivity index (χ0) is 18.9. The summed E-state index contributed by atoms with van der Waals surface area (Å²) in [6, 6.07) is 21.0. The zero-order valence-electron chi connectivity index (χ0n) is 15.0. The highest BCUT2D eigenvalue weighted by atomic mass is 32.1. The Balaban J connectivity index is 1.50. The first-order valence-electron chi connectivity index (χ1n) is 9.00. The Labute approximate surface area is 163 Å². The second-order valence-corrected chi connectivity index (χ2v) is 7.12. The normalized spacial score (nSPS) is 10.4. The van der Waals surface area contributed by atoms with Crippen molar-refractivity contribution < 1.29 is 9.59 Å². The maximum atomic E-state index is 12.5. The molecule has 2 N–H and O–H groups in total. The van der Waals surface area contributed by atoms with Crippen LogP contribution in [-0.2, 0) is 6.42 Å². The van der Waals surface area contributed by atoms with Gasteiger partial charge in [-0.15, -0.1) is 11.3 Å².